The first kappa shape index (κ1) is 15.8. The second-order valence-electron chi connectivity index (χ2n) is 4.70. The third-order valence-electron chi connectivity index (χ3n) is 3.33. The summed E-state index contributed by atoms with van der Waals surface area (Å²) in [6, 6.07) is 5.58. The molecule has 3 rings (SSSR count). The maximum Gasteiger partial charge on any atom is 0.225 e. The van der Waals surface area contributed by atoms with Crippen molar-refractivity contribution in [1.29, 1.82) is 0 Å². The van der Waals surface area contributed by atoms with Gasteiger partial charge in [-0.25, -0.2) is 4.98 Å². The zero-order chi connectivity index (χ0) is 16.4. The number of hydrogen-bond acceptors (Lipinski definition) is 7. The number of nitrogens with two attached hydrogens (primary N) is 1. The number of hydrogen-bond donors (Lipinski definition) is 2. The summed E-state index contributed by atoms with van der Waals surface area (Å²) in [5.41, 5.74) is 6.75. The molecule has 0 unspecified atom stereocenters. The molecule has 0 spiro atoms. The summed E-state index contributed by atoms with van der Waals surface area (Å²) < 4.78 is 11.7. The van der Waals surface area contributed by atoms with E-state index in [1.54, 1.807) is 37.7 Å². The number of thiophene rings is 1. The summed E-state index contributed by atoms with van der Waals surface area (Å²) in [6.45, 7) is 0.622. The van der Waals surface area contributed by atoms with Gasteiger partial charge in [-0.15, -0.1) is 11.3 Å². The van der Waals surface area contributed by atoms with Crippen molar-refractivity contribution in [1.82, 2.24) is 9.97 Å². The molecular weight excluding hydrogens is 380 g/mol. The molecule has 0 saturated heterocycles. The van der Waals surface area contributed by atoms with Gasteiger partial charge in [-0.05, 0) is 33.4 Å². The molecule has 6 nitrogen and oxygen atoms in total. The highest BCUT2D eigenvalue weighted by Crippen LogP contribution is 2.33. The van der Waals surface area contributed by atoms with E-state index in [2.05, 4.69) is 31.2 Å². The zero-order valence-electron chi connectivity index (χ0n) is 12.6. The van der Waals surface area contributed by atoms with Gasteiger partial charge in [0.05, 0.1) is 26.3 Å². The van der Waals surface area contributed by atoms with Crippen molar-refractivity contribution >= 4 is 49.9 Å². The van der Waals surface area contributed by atoms with Gasteiger partial charge in [0.15, 0.2) is 11.5 Å². The molecule has 0 bridgehead atoms. The van der Waals surface area contributed by atoms with Crippen molar-refractivity contribution in [2.45, 2.75) is 6.54 Å². The predicted octanol–water partition coefficient (Wildman–Crippen LogP) is 3.67. The van der Waals surface area contributed by atoms with E-state index in [9.17, 15) is 0 Å². The lowest BCUT2D eigenvalue weighted by Crippen LogP contribution is -2.05. The number of nitrogens with zero attached hydrogens (tertiary/aromatic N) is 2. The minimum Gasteiger partial charge on any atom is -0.493 e. The zero-order valence-corrected chi connectivity index (χ0v) is 15.0. The molecule has 1 aromatic carbocycles. The first-order chi connectivity index (χ1) is 11.1. The molecule has 0 saturated carbocycles. The Morgan fingerprint density at radius 2 is 1.96 bits per heavy atom. The molecule has 2 heterocycles. The highest BCUT2D eigenvalue weighted by Gasteiger charge is 2.12. The summed E-state index contributed by atoms with van der Waals surface area (Å²) in [5, 5.41) is 5.94. The first-order valence-corrected chi connectivity index (χ1v) is 8.44. The monoisotopic (exact) mass is 394 g/mol. The van der Waals surface area contributed by atoms with Crippen molar-refractivity contribution < 1.29 is 9.47 Å². The maximum atomic E-state index is 6.06. The number of rotatable bonds is 5. The average Bonchev–Trinajstić information content (AvgIpc) is 2.97. The van der Waals surface area contributed by atoms with Crippen LogP contribution in [0, 0.1) is 0 Å². The van der Waals surface area contributed by atoms with Gasteiger partial charge < -0.3 is 20.5 Å². The van der Waals surface area contributed by atoms with E-state index >= 15 is 0 Å². The van der Waals surface area contributed by atoms with Gasteiger partial charge in [-0.3, -0.25) is 0 Å². The fourth-order valence-corrected chi connectivity index (χ4v) is 3.60. The number of nitrogens with one attached hydrogen (secondary N) is 1. The fraction of sp³-hybridized carbons (Fsp3) is 0.200. The van der Waals surface area contributed by atoms with Gasteiger partial charge in [0.25, 0.3) is 0 Å². The second kappa shape index (κ2) is 6.59. The van der Waals surface area contributed by atoms with Crippen LogP contribution in [-0.4, -0.2) is 24.2 Å². The largest absolute Gasteiger partial charge is 0.493 e. The minimum atomic E-state index is 0.392. The Hall–Kier alpha value is -2.06. The average molecular weight is 395 g/mol. The molecule has 2 aromatic heterocycles. The van der Waals surface area contributed by atoms with E-state index in [1.807, 2.05) is 11.4 Å². The molecule has 0 radical (unpaired) electrons. The Bertz CT molecular complexity index is 853. The van der Waals surface area contributed by atoms with Crippen LogP contribution in [0.3, 0.4) is 0 Å². The molecule has 0 aliphatic rings. The van der Waals surface area contributed by atoms with Crippen molar-refractivity contribution in [2.24, 2.45) is 0 Å². The third-order valence-corrected chi connectivity index (χ3v) is 5.25. The minimum absolute atomic E-state index is 0.392. The van der Waals surface area contributed by atoms with Gasteiger partial charge >= 0.3 is 0 Å². The molecule has 0 atom stereocenters. The van der Waals surface area contributed by atoms with E-state index < -0.39 is 0 Å². The van der Waals surface area contributed by atoms with Crippen LogP contribution < -0.4 is 20.5 Å². The molecule has 0 aliphatic heterocycles. The normalized spacial score (nSPS) is 10.7. The Morgan fingerprint density at radius 1 is 1.22 bits per heavy atom. The van der Waals surface area contributed by atoms with Crippen LogP contribution in [0.4, 0.5) is 11.8 Å². The van der Waals surface area contributed by atoms with Crippen molar-refractivity contribution in [2.75, 3.05) is 25.3 Å². The lowest BCUT2D eigenvalue weighted by molar-refractivity contribution is 0.356. The van der Waals surface area contributed by atoms with E-state index in [0.717, 1.165) is 9.86 Å². The molecule has 0 amide bonds. The van der Waals surface area contributed by atoms with Gasteiger partial charge in [0.2, 0.25) is 5.95 Å². The van der Waals surface area contributed by atoms with Crippen molar-refractivity contribution in [3.8, 4) is 11.5 Å². The quantitative estimate of drug-likeness (QED) is 0.686. The Balaban J connectivity index is 1.95. The molecule has 0 aliphatic carbocycles. The Morgan fingerprint density at radius 3 is 2.61 bits per heavy atom. The highest BCUT2D eigenvalue weighted by molar-refractivity contribution is 9.10. The highest BCUT2D eigenvalue weighted by atomic mass is 79.9. The molecule has 8 heteroatoms. The summed E-state index contributed by atoms with van der Waals surface area (Å²) in [4.78, 5) is 9.98. The SMILES string of the molecule is COc1cc2nc(NCc3sccc3Br)nc(N)c2cc1OC. The summed E-state index contributed by atoms with van der Waals surface area (Å²) >= 11 is 5.16. The lowest BCUT2D eigenvalue weighted by atomic mass is 10.2. The van der Waals surface area contributed by atoms with E-state index in [0.29, 0.717) is 35.3 Å². The molecule has 3 N–H and O–H groups in total. The van der Waals surface area contributed by atoms with Gasteiger partial charge in [-0.1, -0.05) is 0 Å². The van der Waals surface area contributed by atoms with Gasteiger partial charge in [-0.2, -0.15) is 4.98 Å². The molecule has 120 valence electrons. The lowest BCUT2D eigenvalue weighted by Gasteiger charge is -2.11. The van der Waals surface area contributed by atoms with Crippen LogP contribution in [0.25, 0.3) is 10.9 Å². The van der Waals surface area contributed by atoms with Crippen LogP contribution in [0.5, 0.6) is 11.5 Å². The molecule has 3 aromatic rings. The standard InChI is InChI=1S/C15H15BrN4O2S/c1-21-11-5-8-10(6-12(11)22-2)19-15(20-14(8)17)18-7-13-9(16)3-4-23-13/h3-6H,7H2,1-2H3,(H3,17,18,19,20). The Labute approximate surface area is 145 Å². The number of methoxy groups -OCH3 is 2. The topological polar surface area (TPSA) is 82.3 Å². The number of halogens is 1. The number of fused-ring (bicyclic) bond motifs is 1. The van der Waals surface area contributed by atoms with E-state index in [4.69, 9.17) is 15.2 Å². The number of aromatic nitrogens is 2. The maximum absolute atomic E-state index is 6.06. The number of ether oxygens (including phenoxy) is 2. The first-order valence-electron chi connectivity index (χ1n) is 6.77. The van der Waals surface area contributed by atoms with Gasteiger partial charge in [0, 0.05) is 20.8 Å². The number of benzene rings is 1. The summed E-state index contributed by atoms with van der Waals surface area (Å²) in [7, 11) is 3.16. The third kappa shape index (κ3) is 3.18. The van der Waals surface area contributed by atoms with Crippen LogP contribution in [0.1, 0.15) is 4.88 Å². The number of nitrogen functional groups attached to an aromatic ring is 1. The van der Waals surface area contributed by atoms with Crippen molar-refractivity contribution in [3.63, 3.8) is 0 Å². The Kier molecular flexibility index (Phi) is 4.53. The van der Waals surface area contributed by atoms with Crippen molar-refractivity contribution in [3.05, 3.63) is 32.9 Å². The fourth-order valence-electron chi connectivity index (χ4n) is 2.17. The summed E-state index contributed by atoms with van der Waals surface area (Å²) in [6.07, 6.45) is 0. The number of anilines is 2. The predicted molar refractivity (Wildman–Crippen MR) is 96.4 cm³/mol. The molecule has 0 fully saturated rings. The molecule has 23 heavy (non-hydrogen) atoms. The van der Waals surface area contributed by atoms with Gasteiger partial charge in [0.1, 0.15) is 5.82 Å². The van der Waals surface area contributed by atoms with E-state index in [1.165, 1.54) is 4.88 Å². The van der Waals surface area contributed by atoms with Crippen LogP contribution in [-0.2, 0) is 6.54 Å². The molecular formula is C15H15BrN4O2S. The smallest absolute Gasteiger partial charge is 0.225 e. The summed E-state index contributed by atoms with van der Waals surface area (Å²) in [5.74, 6) is 2.06. The van der Waals surface area contributed by atoms with E-state index in [-0.39, 0.29) is 0 Å². The van der Waals surface area contributed by atoms with Crippen LogP contribution >= 0.6 is 27.3 Å². The van der Waals surface area contributed by atoms with Crippen LogP contribution in [0.15, 0.2) is 28.1 Å². The second-order valence-corrected chi connectivity index (χ2v) is 6.56. The van der Waals surface area contributed by atoms with Crippen LogP contribution in [0.2, 0.25) is 0 Å².